The summed E-state index contributed by atoms with van der Waals surface area (Å²) in [6, 6.07) is 14.3. The Hall–Kier alpha value is -2.32. The average molecular weight is 402 g/mol. The van der Waals surface area contributed by atoms with Crippen LogP contribution in [0.15, 0.2) is 53.0 Å². The zero-order valence-electron chi connectivity index (χ0n) is 15.3. The van der Waals surface area contributed by atoms with E-state index >= 15 is 0 Å². The van der Waals surface area contributed by atoms with Gasteiger partial charge in [0.05, 0.1) is 10.1 Å². The maximum absolute atomic E-state index is 12.5. The number of benzene rings is 1. The Labute approximate surface area is 167 Å². The highest BCUT2D eigenvalue weighted by Gasteiger charge is 2.21. The molecule has 3 aromatic rings. The van der Waals surface area contributed by atoms with Gasteiger partial charge >= 0.3 is 0 Å². The van der Waals surface area contributed by atoms with Crippen molar-refractivity contribution in [1.29, 1.82) is 0 Å². The second-order valence-electron chi connectivity index (χ2n) is 6.35. The normalized spacial score (nSPS) is 13.3. The zero-order valence-corrected chi connectivity index (χ0v) is 17.0. The molecular formula is C19H23N5OS2. The number of thioether (sulfide) groups is 1. The van der Waals surface area contributed by atoms with E-state index in [4.69, 9.17) is 5.84 Å². The summed E-state index contributed by atoms with van der Waals surface area (Å²) in [7, 11) is 0. The van der Waals surface area contributed by atoms with Crippen molar-refractivity contribution in [2.75, 3.05) is 5.84 Å². The third-order valence-corrected chi connectivity index (χ3v) is 6.08. The Morgan fingerprint density at radius 2 is 2.00 bits per heavy atom. The van der Waals surface area contributed by atoms with Gasteiger partial charge in [-0.25, -0.2) is 4.68 Å². The lowest BCUT2D eigenvalue weighted by Gasteiger charge is -2.17. The monoisotopic (exact) mass is 401 g/mol. The molecule has 0 aliphatic carbocycles. The van der Waals surface area contributed by atoms with E-state index in [-0.39, 0.29) is 17.2 Å². The summed E-state index contributed by atoms with van der Waals surface area (Å²) >= 11 is 2.86. The number of nitrogen functional groups attached to an aromatic ring is 1. The summed E-state index contributed by atoms with van der Waals surface area (Å²) in [6.07, 6.45) is 1.83. The predicted molar refractivity (Wildman–Crippen MR) is 111 cm³/mol. The van der Waals surface area contributed by atoms with Crippen molar-refractivity contribution in [3.63, 3.8) is 0 Å². The minimum Gasteiger partial charge on any atom is -0.353 e. The van der Waals surface area contributed by atoms with Crippen molar-refractivity contribution in [2.24, 2.45) is 0 Å². The molecule has 0 saturated carbocycles. The third kappa shape index (κ3) is 5.11. The summed E-state index contributed by atoms with van der Waals surface area (Å²) < 4.78 is 1.44. The molecule has 1 amide bonds. The van der Waals surface area contributed by atoms with Crippen LogP contribution in [0.25, 0.3) is 10.7 Å². The van der Waals surface area contributed by atoms with Crippen molar-refractivity contribution in [3.8, 4) is 10.7 Å². The molecule has 3 rings (SSSR count). The first-order chi connectivity index (χ1) is 13.0. The van der Waals surface area contributed by atoms with Crippen LogP contribution in [-0.2, 0) is 11.2 Å². The number of nitrogens with two attached hydrogens (primary N) is 1. The van der Waals surface area contributed by atoms with Crippen LogP contribution in [0.4, 0.5) is 0 Å². The van der Waals surface area contributed by atoms with Crippen LogP contribution in [0, 0.1) is 0 Å². The van der Waals surface area contributed by atoms with Crippen molar-refractivity contribution in [1.82, 2.24) is 20.2 Å². The first kappa shape index (κ1) is 19.4. The Morgan fingerprint density at radius 1 is 1.22 bits per heavy atom. The first-order valence-electron chi connectivity index (χ1n) is 8.80. The van der Waals surface area contributed by atoms with Crippen LogP contribution in [0.2, 0.25) is 0 Å². The smallest absolute Gasteiger partial charge is 0.233 e. The van der Waals surface area contributed by atoms with Crippen molar-refractivity contribution in [3.05, 3.63) is 53.4 Å². The summed E-state index contributed by atoms with van der Waals surface area (Å²) in [6.45, 7) is 3.88. The van der Waals surface area contributed by atoms with Crippen LogP contribution < -0.4 is 11.2 Å². The van der Waals surface area contributed by atoms with Gasteiger partial charge in [-0.3, -0.25) is 4.79 Å². The molecule has 0 bridgehead atoms. The number of nitrogens with zero attached hydrogens (tertiary/aromatic N) is 3. The highest BCUT2D eigenvalue weighted by atomic mass is 32.2. The quantitative estimate of drug-likeness (QED) is 0.447. The average Bonchev–Trinajstić information content (AvgIpc) is 3.31. The maximum Gasteiger partial charge on any atom is 0.233 e. The molecule has 27 heavy (non-hydrogen) atoms. The predicted octanol–water partition coefficient (Wildman–Crippen LogP) is 3.34. The molecule has 1 aromatic carbocycles. The Bertz CT molecular complexity index is 864. The highest BCUT2D eigenvalue weighted by Crippen LogP contribution is 2.27. The van der Waals surface area contributed by atoms with Gasteiger partial charge in [0, 0.05) is 6.04 Å². The van der Waals surface area contributed by atoms with Gasteiger partial charge in [-0.1, -0.05) is 48.2 Å². The van der Waals surface area contributed by atoms with E-state index in [0.29, 0.717) is 11.0 Å². The van der Waals surface area contributed by atoms with Crippen LogP contribution in [0.1, 0.15) is 25.8 Å². The van der Waals surface area contributed by atoms with Gasteiger partial charge in [0.15, 0.2) is 5.82 Å². The molecule has 2 aromatic heterocycles. The number of amides is 1. The molecule has 6 nitrogen and oxygen atoms in total. The minimum atomic E-state index is -0.313. The molecule has 8 heteroatoms. The van der Waals surface area contributed by atoms with Crippen molar-refractivity contribution >= 4 is 29.0 Å². The summed E-state index contributed by atoms with van der Waals surface area (Å²) in [5.74, 6) is 6.68. The Kier molecular flexibility index (Phi) is 6.52. The van der Waals surface area contributed by atoms with Crippen LogP contribution in [0.5, 0.6) is 0 Å². The molecule has 0 aliphatic heterocycles. The summed E-state index contributed by atoms with van der Waals surface area (Å²) in [5, 5.41) is 13.5. The number of hydrogen-bond acceptors (Lipinski definition) is 6. The van der Waals surface area contributed by atoms with Crippen molar-refractivity contribution in [2.45, 2.75) is 43.1 Å². The SMILES string of the molecule is C[C@H](Sc1nnc(-c2cccs2)n1N)C(=O)N[C@@H](C)CCc1ccccc1. The zero-order chi connectivity index (χ0) is 19.2. The molecule has 0 fully saturated rings. The van der Waals surface area contributed by atoms with Crippen LogP contribution in [0.3, 0.4) is 0 Å². The number of nitrogens with one attached hydrogen (secondary N) is 1. The molecule has 0 radical (unpaired) electrons. The van der Waals surface area contributed by atoms with E-state index in [9.17, 15) is 4.79 Å². The molecule has 2 atom stereocenters. The van der Waals surface area contributed by atoms with Gasteiger partial charge in [0.25, 0.3) is 0 Å². The van der Waals surface area contributed by atoms with Crippen molar-refractivity contribution < 1.29 is 4.79 Å². The molecule has 0 spiro atoms. The van der Waals surface area contributed by atoms with Gasteiger partial charge in [0.2, 0.25) is 11.1 Å². The van der Waals surface area contributed by atoms with Crippen LogP contribution >= 0.6 is 23.1 Å². The van der Waals surface area contributed by atoms with E-state index in [0.717, 1.165) is 17.7 Å². The first-order valence-corrected chi connectivity index (χ1v) is 10.6. The van der Waals surface area contributed by atoms with E-state index < -0.39 is 0 Å². The Morgan fingerprint density at radius 3 is 2.70 bits per heavy atom. The lowest BCUT2D eigenvalue weighted by atomic mass is 10.1. The third-order valence-electron chi connectivity index (χ3n) is 4.16. The number of rotatable bonds is 8. The second-order valence-corrected chi connectivity index (χ2v) is 8.60. The number of carbonyl (C=O) groups excluding carboxylic acids is 1. The minimum absolute atomic E-state index is 0.0266. The van der Waals surface area contributed by atoms with E-state index in [2.05, 4.69) is 27.6 Å². The fraction of sp³-hybridized carbons (Fsp3) is 0.316. The molecule has 3 N–H and O–H groups in total. The lowest BCUT2D eigenvalue weighted by Crippen LogP contribution is -2.38. The van der Waals surface area contributed by atoms with Gasteiger partial charge in [0.1, 0.15) is 0 Å². The molecule has 0 aliphatic rings. The standard InChI is InChI=1S/C19H23N5OS2/c1-13(10-11-15-7-4-3-5-8-15)21-18(25)14(2)27-19-23-22-17(24(19)20)16-9-6-12-26-16/h3-9,12-14H,10-11,20H2,1-2H3,(H,21,25)/t13-,14-/m0/s1. The second kappa shape index (κ2) is 9.05. The molecule has 2 heterocycles. The highest BCUT2D eigenvalue weighted by molar-refractivity contribution is 8.00. The molecule has 0 unspecified atom stereocenters. The maximum atomic E-state index is 12.5. The molecule has 0 saturated heterocycles. The number of hydrogen-bond donors (Lipinski definition) is 2. The largest absolute Gasteiger partial charge is 0.353 e. The number of aromatic nitrogens is 3. The summed E-state index contributed by atoms with van der Waals surface area (Å²) in [5.41, 5.74) is 1.28. The lowest BCUT2D eigenvalue weighted by molar-refractivity contribution is -0.120. The molecule has 142 valence electrons. The Balaban J connectivity index is 1.52. The van der Waals surface area contributed by atoms with Gasteiger partial charge in [-0.15, -0.1) is 21.5 Å². The van der Waals surface area contributed by atoms with E-state index in [1.165, 1.54) is 22.0 Å². The van der Waals surface area contributed by atoms with E-state index in [1.807, 2.05) is 49.6 Å². The van der Waals surface area contributed by atoms with E-state index in [1.54, 1.807) is 11.3 Å². The fourth-order valence-corrected chi connectivity index (χ4v) is 4.09. The number of thiophene rings is 1. The number of aryl methyl sites for hydroxylation is 1. The van der Waals surface area contributed by atoms with Gasteiger partial charge in [-0.05, 0) is 43.7 Å². The molecular weight excluding hydrogens is 378 g/mol. The summed E-state index contributed by atoms with van der Waals surface area (Å²) in [4.78, 5) is 13.4. The van der Waals surface area contributed by atoms with Gasteiger partial charge in [-0.2, -0.15) is 0 Å². The topological polar surface area (TPSA) is 85.8 Å². The van der Waals surface area contributed by atoms with Gasteiger partial charge < -0.3 is 11.2 Å². The fourth-order valence-electron chi connectivity index (χ4n) is 2.60. The number of carbonyl (C=O) groups is 1. The van der Waals surface area contributed by atoms with Crippen LogP contribution in [-0.4, -0.2) is 32.1 Å².